The first kappa shape index (κ1) is 11.6. The Morgan fingerprint density at radius 3 is 2.94 bits per heavy atom. The number of nitrogens with two attached hydrogens (primary N) is 1. The lowest BCUT2D eigenvalue weighted by Crippen LogP contribution is -2.29. The summed E-state index contributed by atoms with van der Waals surface area (Å²) in [6, 6.07) is 0.257. The summed E-state index contributed by atoms with van der Waals surface area (Å²) in [4.78, 5) is 0. The SMILES string of the molecule is CCn1cc(C(CN)NCC2CC2C)cn1. The largest absolute Gasteiger partial charge is 0.329 e. The number of aromatic nitrogens is 2. The maximum Gasteiger partial charge on any atom is 0.0538 e. The van der Waals surface area contributed by atoms with Crippen molar-refractivity contribution in [1.82, 2.24) is 15.1 Å². The zero-order chi connectivity index (χ0) is 11.5. The summed E-state index contributed by atoms with van der Waals surface area (Å²) >= 11 is 0. The summed E-state index contributed by atoms with van der Waals surface area (Å²) in [5.74, 6) is 1.75. The van der Waals surface area contributed by atoms with Gasteiger partial charge >= 0.3 is 0 Å². The molecule has 0 radical (unpaired) electrons. The second-order valence-corrected chi connectivity index (χ2v) is 4.80. The number of nitrogens with one attached hydrogen (secondary N) is 1. The van der Waals surface area contributed by atoms with Crippen LogP contribution in [-0.4, -0.2) is 22.9 Å². The van der Waals surface area contributed by atoms with Crippen molar-refractivity contribution in [3.05, 3.63) is 18.0 Å². The van der Waals surface area contributed by atoms with Crippen molar-refractivity contribution in [3.8, 4) is 0 Å². The van der Waals surface area contributed by atoms with E-state index in [0.717, 1.165) is 24.9 Å². The first-order chi connectivity index (χ1) is 7.74. The Hall–Kier alpha value is -0.870. The van der Waals surface area contributed by atoms with Crippen molar-refractivity contribution in [2.45, 2.75) is 32.9 Å². The molecular formula is C12H22N4. The van der Waals surface area contributed by atoms with Crippen LogP contribution in [0.2, 0.25) is 0 Å². The lowest BCUT2D eigenvalue weighted by atomic mass is 10.1. The molecule has 3 atom stereocenters. The zero-order valence-corrected chi connectivity index (χ0v) is 10.2. The first-order valence-corrected chi connectivity index (χ1v) is 6.20. The second-order valence-electron chi connectivity index (χ2n) is 4.80. The highest BCUT2D eigenvalue weighted by Crippen LogP contribution is 2.37. The summed E-state index contributed by atoms with van der Waals surface area (Å²) in [5.41, 5.74) is 7.00. The van der Waals surface area contributed by atoms with Gasteiger partial charge in [0.2, 0.25) is 0 Å². The average molecular weight is 222 g/mol. The zero-order valence-electron chi connectivity index (χ0n) is 10.2. The molecule has 1 saturated carbocycles. The van der Waals surface area contributed by atoms with Crippen LogP contribution < -0.4 is 11.1 Å². The Morgan fingerprint density at radius 1 is 1.69 bits per heavy atom. The van der Waals surface area contributed by atoms with Crippen molar-refractivity contribution in [1.29, 1.82) is 0 Å². The molecule has 3 N–H and O–H groups in total. The molecule has 0 bridgehead atoms. The molecule has 4 heteroatoms. The van der Waals surface area contributed by atoms with Crippen LogP contribution in [0.25, 0.3) is 0 Å². The lowest BCUT2D eigenvalue weighted by molar-refractivity contribution is 0.511. The molecule has 1 fully saturated rings. The van der Waals surface area contributed by atoms with Crippen LogP contribution in [-0.2, 0) is 6.54 Å². The average Bonchev–Trinajstić information content (AvgIpc) is 2.82. The molecule has 1 aromatic rings. The Morgan fingerprint density at radius 2 is 2.44 bits per heavy atom. The molecule has 1 aliphatic rings. The van der Waals surface area contributed by atoms with Crippen molar-refractivity contribution in [2.75, 3.05) is 13.1 Å². The predicted molar refractivity (Wildman–Crippen MR) is 65.0 cm³/mol. The molecule has 4 nitrogen and oxygen atoms in total. The van der Waals surface area contributed by atoms with Crippen LogP contribution in [0, 0.1) is 11.8 Å². The van der Waals surface area contributed by atoms with Gasteiger partial charge in [0.25, 0.3) is 0 Å². The van der Waals surface area contributed by atoms with Gasteiger partial charge in [0.1, 0.15) is 0 Å². The fraction of sp³-hybridized carbons (Fsp3) is 0.750. The Bertz CT molecular complexity index is 334. The maximum atomic E-state index is 5.80. The molecule has 0 aromatic carbocycles. The molecule has 16 heavy (non-hydrogen) atoms. The first-order valence-electron chi connectivity index (χ1n) is 6.20. The number of hydrogen-bond donors (Lipinski definition) is 2. The summed E-state index contributed by atoms with van der Waals surface area (Å²) in [6.45, 7) is 7.03. The maximum absolute atomic E-state index is 5.80. The number of rotatable bonds is 6. The Balaban J connectivity index is 1.88. The van der Waals surface area contributed by atoms with Gasteiger partial charge < -0.3 is 11.1 Å². The van der Waals surface area contributed by atoms with Gasteiger partial charge in [0, 0.05) is 30.9 Å². The van der Waals surface area contributed by atoms with Crippen LogP contribution in [0.15, 0.2) is 12.4 Å². The fourth-order valence-electron chi connectivity index (χ4n) is 2.05. The molecular weight excluding hydrogens is 200 g/mol. The number of hydrogen-bond acceptors (Lipinski definition) is 3. The van der Waals surface area contributed by atoms with E-state index in [-0.39, 0.29) is 6.04 Å². The van der Waals surface area contributed by atoms with E-state index in [2.05, 4.69) is 30.5 Å². The van der Waals surface area contributed by atoms with Gasteiger partial charge in [0.15, 0.2) is 0 Å². The van der Waals surface area contributed by atoms with E-state index >= 15 is 0 Å². The van der Waals surface area contributed by atoms with Crippen molar-refractivity contribution in [2.24, 2.45) is 17.6 Å². The van der Waals surface area contributed by atoms with Crippen molar-refractivity contribution < 1.29 is 0 Å². The minimum Gasteiger partial charge on any atom is -0.329 e. The Kier molecular flexibility index (Phi) is 3.61. The van der Waals surface area contributed by atoms with Crippen LogP contribution in [0.1, 0.15) is 31.9 Å². The topological polar surface area (TPSA) is 55.9 Å². The molecule has 0 saturated heterocycles. The summed E-state index contributed by atoms with van der Waals surface area (Å²) in [7, 11) is 0. The van der Waals surface area contributed by atoms with E-state index in [4.69, 9.17) is 5.73 Å². The van der Waals surface area contributed by atoms with E-state index in [1.54, 1.807) is 0 Å². The van der Waals surface area contributed by atoms with Crippen LogP contribution >= 0.6 is 0 Å². The summed E-state index contributed by atoms with van der Waals surface area (Å²) < 4.78 is 1.94. The molecule has 1 aromatic heterocycles. The van der Waals surface area contributed by atoms with Gasteiger partial charge in [-0.3, -0.25) is 4.68 Å². The lowest BCUT2D eigenvalue weighted by Gasteiger charge is -2.14. The molecule has 1 heterocycles. The predicted octanol–water partition coefficient (Wildman–Crippen LogP) is 1.15. The highest BCUT2D eigenvalue weighted by Gasteiger charge is 2.32. The van der Waals surface area contributed by atoms with Crippen molar-refractivity contribution in [3.63, 3.8) is 0 Å². The quantitative estimate of drug-likeness (QED) is 0.759. The minimum absolute atomic E-state index is 0.257. The van der Waals surface area contributed by atoms with Gasteiger partial charge in [-0.25, -0.2) is 0 Å². The van der Waals surface area contributed by atoms with Gasteiger partial charge in [-0.2, -0.15) is 5.10 Å². The third-order valence-corrected chi connectivity index (χ3v) is 3.52. The second kappa shape index (κ2) is 4.97. The highest BCUT2D eigenvalue weighted by atomic mass is 15.3. The van der Waals surface area contributed by atoms with Gasteiger partial charge in [-0.1, -0.05) is 6.92 Å². The number of nitrogens with zero attached hydrogens (tertiary/aromatic N) is 2. The molecule has 90 valence electrons. The van der Waals surface area contributed by atoms with E-state index in [1.165, 1.54) is 12.0 Å². The summed E-state index contributed by atoms with van der Waals surface area (Å²) in [6.07, 6.45) is 5.36. The molecule has 1 aliphatic carbocycles. The van der Waals surface area contributed by atoms with Gasteiger partial charge in [-0.05, 0) is 31.7 Å². The van der Waals surface area contributed by atoms with Crippen LogP contribution in [0.3, 0.4) is 0 Å². The van der Waals surface area contributed by atoms with Gasteiger partial charge in [0.05, 0.1) is 6.20 Å². The molecule has 3 unspecified atom stereocenters. The number of aryl methyl sites for hydroxylation is 1. The minimum atomic E-state index is 0.257. The van der Waals surface area contributed by atoms with E-state index in [1.807, 2.05) is 10.9 Å². The van der Waals surface area contributed by atoms with E-state index in [0.29, 0.717) is 6.54 Å². The molecule has 0 spiro atoms. The molecule has 0 amide bonds. The third-order valence-electron chi connectivity index (χ3n) is 3.52. The van der Waals surface area contributed by atoms with E-state index < -0.39 is 0 Å². The monoisotopic (exact) mass is 222 g/mol. The smallest absolute Gasteiger partial charge is 0.0538 e. The van der Waals surface area contributed by atoms with Crippen LogP contribution in [0.4, 0.5) is 0 Å². The van der Waals surface area contributed by atoms with Crippen molar-refractivity contribution >= 4 is 0 Å². The summed E-state index contributed by atoms with van der Waals surface area (Å²) in [5, 5.41) is 7.82. The standard InChI is InChI=1S/C12H22N4/c1-3-16-8-11(7-15-16)12(5-13)14-6-10-4-9(10)2/h7-10,12,14H,3-6,13H2,1-2H3. The Labute approximate surface area is 97.2 Å². The fourth-order valence-corrected chi connectivity index (χ4v) is 2.05. The highest BCUT2D eigenvalue weighted by molar-refractivity contribution is 5.11. The molecule has 0 aliphatic heterocycles. The molecule has 2 rings (SSSR count). The van der Waals surface area contributed by atoms with Gasteiger partial charge in [-0.15, -0.1) is 0 Å². The van der Waals surface area contributed by atoms with E-state index in [9.17, 15) is 0 Å². The third kappa shape index (κ3) is 2.62. The normalized spacial score (nSPS) is 25.7. The van der Waals surface area contributed by atoms with Crippen LogP contribution in [0.5, 0.6) is 0 Å².